The van der Waals surface area contributed by atoms with Crippen LogP contribution in [0.4, 0.5) is 5.69 Å². The molecule has 2 aliphatic rings. The minimum absolute atomic E-state index is 0.00346. The standard InChI is InChI=1S/C27H33N3O13/c1-13(2)26(40)41-12-14-3-4-16(42-27-23(37)21(35)22(36)24(43-27)25(38)39)15(11-14)29-18(32)7-9-28-17(31)8-10-30-19(33)5-6-20(30)34/h3-6,11,13,21-24,27,35-37H,7-10,12H2,1-2H3,(H,28,31)(H,29,32)(H,38,39)/t21-,22-,23+,24-,27+/m0/s1. The number of carboxylic acids is 1. The number of amides is 4. The Morgan fingerprint density at radius 2 is 1.65 bits per heavy atom. The molecule has 1 aromatic carbocycles. The van der Waals surface area contributed by atoms with Crippen LogP contribution < -0.4 is 15.4 Å². The summed E-state index contributed by atoms with van der Waals surface area (Å²) in [5.41, 5.74) is 0.422. The number of hydrogen-bond donors (Lipinski definition) is 6. The van der Waals surface area contributed by atoms with Crippen molar-refractivity contribution < 1.29 is 63.4 Å². The lowest BCUT2D eigenvalue weighted by molar-refractivity contribution is -0.271. The predicted octanol–water partition coefficient (Wildman–Crippen LogP) is -1.58. The SMILES string of the molecule is CC(C)C(=O)OCc1ccc(O[C@@H]2O[C@H](C(=O)O)[C@@H](O)[C@H](O)[C@H]2O)c(NC(=O)CCNC(=O)CCN2C(=O)C=CC2=O)c1. The molecule has 1 saturated heterocycles. The summed E-state index contributed by atoms with van der Waals surface area (Å²) >= 11 is 0. The molecule has 5 atom stereocenters. The Bertz CT molecular complexity index is 1260. The first kappa shape index (κ1) is 33.1. The quantitative estimate of drug-likeness (QED) is 0.110. The van der Waals surface area contributed by atoms with Gasteiger partial charge in [-0.05, 0) is 17.7 Å². The van der Waals surface area contributed by atoms with Gasteiger partial charge >= 0.3 is 11.9 Å². The first-order chi connectivity index (χ1) is 20.3. The molecule has 0 aromatic heterocycles. The van der Waals surface area contributed by atoms with Crippen LogP contribution in [0.3, 0.4) is 0 Å². The highest BCUT2D eigenvalue weighted by Gasteiger charge is 2.48. The molecule has 16 nitrogen and oxygen atoms in total. The van der Waals surface area contributed by atoms with Crippen LogP contribution in [0.2, 0.25) is 0 Å². The molecule has 1 aromatic rings. The maximum absolute atomic E-state index is 12.7. The van der Waals surface area contributed by atoms with Crippen molar-refractivity contribution in [3.05, 3.63) is 35.9 Å². The number of imide groups is 1. The first-order valence-corrected chi connectivity index (χ1v) is 13.3. The molecule has 0 radical (unpaired) electrons. The van der Waals surface area contributed by atoms with E-state index in [0.29, 0.717) is 5.56 Å². The Morgan fingerprint density at radius 1 is 0.977 bits per heavy atom. The van der Waals surface area contributed by atoms with Crippen LogP contribution in [0.1, 0.15) is 32.3 Å². The number of aliphatic carboxylic acids is 1. The summed E-state index contributed by atoms with van der Waals surface area (Å²) in [5.74, 6) is -4.75. The highest BCUT2D eigenvalue weighted by molar-refractivity contribution is 6.13. The maximum atomic E-state index is 12.7. The summed E-state index contributed by atoms with van der Waals surface area (Å²) in [5, 5.41) is 44.7. The molecule has 0 unspecified atom stereocenters. The summed E-state index contributed by atoms with van der Waals surface area (Å²) in [4.78, 5) is 72.2. The lowest BCUT2D eigenvalue weighted by atomic mass is 9.99. The lowest BCUT2D eigenvalue weighted by Gasteiger charge is -2.38. The van der Waals surface area contributed by atoms with Crippen LogP contribution in [-0.4, -0.2) is 105 Å². The number of ether oxygens (including phenoxy) is 3. The Labute approximate surface area is 245 Å². The molecule has 43 heavy (non-hydrogen) atoms. The molecule has 2 heterocycles. The van der Waals surface area contributed by atoms with E-state index < -0.39 is 66.3 Å². The highest BCUT2D eigenvalue weighted by atomic mass is 16.7. The third-order valence-electron chi connectivity index (χ3n) is 6.36. The predicted molar refractivity (Wildman–Crippen MR) is 143 cm³/mol. The number of carboxylic acid groups (broad SMARTS) is 1. The van der Waals surface area contributed by atoms with Gasteiger partial charge in [-0.15, -0.1) is 0 Å². The van der Waals surface area contributed by atoms with Crippen molar-refractivity contribution in [3.8, 4) is 5.75 Å². The van der Waals surface area contributed by atoms with Gasteiger partial charge in [0.2, 0.25) is 18.1 Å². The Balaban J connectivity index is 1.66. The molecule has 0 aliphatic carbocycles. The fraction of sp³-hybridized carbons (Fsp3) is 0.481. The third-order valence-corrected chi connectivity index (χ3v) is 6.36. The molecule has 2 aliphatic heterocycles. The van der Waals surface area contributed by atoms with Crippen molar-refractivity contribution >= 4 is 41.3 Å². The van der Waals surface area contributed by atoms with Crippen LogP contribution in [0.15, 0.2) is 30.4 Å². The van der Waals surface area contributed by atoms with E-state index in [0.717, 1.165) is 17.1 Å². The van der Waals surface area contributed by atoms with E-state index in [1.165, 1.54) is 18.2 Å². The molecule has 234 valence electrons. The molecule has 6 N–H and O–H groups in total. The number of nitrogens with zero attached hydrogens (tertiary/aromatic N) is 1. The van der Waals surface area contributed by atoms with Crippen LogP contribution in [0.5, 0.6) is 5.75 Å². The fourth-order valence-corrected chi connectivity index (χ4v) is 3.94. The van der Waals surface area contributed by atoms with Gasteiger partial charge in [0, 0.05) is 38.1 Å². The Kier molecular flexibility index (Phi) is 11.3. The summed E-state index contributed by atoms with van der Waals surface area (Å²) in [7, 11) is 0. The maximum Gasteiger partial charge on any atom is 0.335 e. The van der Waals surface area contributed by atoms with Gasteiger partial charge in [0.1, 0.15) is 30.7 Å². The van der Waals surface area contributed by atoms with Crippen molar-refractivity contribution in [1.29, 1.82) is 0 Å². The molecular formula is C27H33N3O13. The molecule has 16 heteroatoms. The normalized spacial score (nSPS) is 23.3. The molecular weight excluding hydrogens is 574 g/mol. The van der Waals surface area contributed by atoms with E-state index in [-0.39, 0.29) is 49.9 Å². The Morgan fingerprint density at radius 3 is 2.28 bits per heavy atom. The van der Waals surface area contributed by atoms with E-state index in [1.54, 1.807) is 13.8 Å². The zero-order chi connectivity index (χ0) is 31.8. The van der Waals surface area contributed by atoms with Gasteiger partial charge in [-0.3, -0.25) is 28.9 Å². The van der Waals surface area contributed by atoms with Crippen LogP contribution in [-0.2, 0) is 44.8 Å². The average molecular weight is 608 g/mol. The van der Waals surface area contributed by atoms with Gasteiger partial charge in [0.15, 0.2) is 6.10 Å². The van der Waals surface area contributed by atoms with E-state index in [4.69, 9.17) is 14.2 Å². The summed E-state index contributed by atoms with van der Waals surface area (Å²) in [6.45, 7) is 2.90. The molecule has 0 bridgehead atoms. The smallest absolute Gasteiger partial charge is 0.335 e. The molecule has 3 rings (SSSR count). The number of esters is 1. The number of anilines is 1. The van der Waals surface area contributed by atoms with Gasteiger partial charge in [0.05, 0.1) is 11.6 Å². The number of benzene rings is 1. The number of rotatable bonds is 13. The number of aliphatic hydroxyl groups excluding tert-OH is 3. The molecule has 0 spiro atoms. The topological polar surface area (TPSA) is 238 Å². The van der Waals surface area contributed by atoms with Crippen LogP contribution in [0.25, 0.3) is 0 Å². The zero-order valence-electron chi connectivity index (χ0n) is 23.3. The van der Waals surface area contributed by atoms with Crippen molar-refractivity contribution in [2.75, 3.05) is 18.4 Å². The highest BCUT2D eigenvalue weighted by Crippen LogP contribution is 2.31. The summed E-state index contributed by atoms with van der Waals surface area (Å²) in [6, 6.07) is 4.20. The Hall–Kier alpha value is -4.38. The minimum Gasteiger partial charge on any atom is -0.479 e. The monoisotopic (exact) mass is 607 g/mol. The first-order valence-electron chi connectivity index (χ1n) is 13.3. The van der Waals surface area contributed by atoms with Gasteiger partial charge in [-0.2, -0.15) is 0 Å². The van der Waals surface area contributed by atoms with Crippen molar-refractivity contribution in [2.24, 2.45) is 5.92 Å². The van der Waals surface area contributed by atoms with Gasteiger partial charge < -0.3 is 45.3 Å². The second-order valence-corrected chi connectivity index (χ2v) is 10.0. The van der Waals surface area contributed by atoms with E-state index in [2.05, 4.69) is 10.6 Å². The minimum atomic E-state index is -1.94. The largest absolute Gasteiger partial charge is 0.479 e. The number of nitrogens with one attached hydrogen (secondary N) is 2. The summed E-state index contributed by atoms with van der Waals surface area (Å²) < 4.78 is 15.9. The average Bonchev–Trinajstić information content (AvgIpc) is 3.27. The van der Waals surface area contributed by atoms with Gasteiger partial charge in [-0.25, -0.2) is 4.79 Å². The summed E-state index contributed by atoms with van der Waals surface area (Å²) in [6.07, 6.45) is -7.60. The van der Waals surface area contributed by atoms with Gasteiger partial charge in [0.25, 0.3) is 11.8 Å². The molecule has 1 fully saturated rings. The van der Waals surface area contributed by atoms with E-state index in [9.17, 15) is 49.2 Å². The second-order valence-electron chi connectivity index (χ2n) is 10.0. The van der Waals surface area contributed by atoms with Crippen molar-refractivity contribution in [2.45, 2.75) is 64.0 Å². The van der Waals surface area contributed by atoms with E-state index >= 15 is 0 Å². The van der Waals surface area contributed by atoms with Crippen LogP contribution in [0, 0.1) is 5.92 Å². The number of carbonyl (C=O) groups is 6. The van der Waals surface area contributed by atoms with Crippen LogP contribution >= 0.6 is 0 Å². The fourth-order valence-electron chi connectivity index (χ4n) is 3.94. The van der Waals surface area contributed by atoms with E-state index in [1.807, 2.05) is 0 Å². The lowest BCUT2D eigenvalue weighted by Crippen LogP contribution is -2.61. The molecule has 0 saturated carbocycles. The second kappa shape index (κ2) is 14.7. The van der Waals surface area contributed by atoms with Crippen molar-refractivity contribution in [1.82, 2.24) is 10.2 Å². The number of hydrogen-bond acceptors (Lipinski definition) is 12. The van der Waals surface area contributed by atoms with Crippen molar-refractivity contribution in [3.63, 3.8) is 0 Å². The van der Waals surface area contributed by atoms with Gasteiger partial charge in [-0.1, -0.05) is 19.9 Å². The zero-order valence-corrected chi connectivity index (χ0v) is 23.3. The number of carbonyl (C=O) groups excluding carboxylic acids is 5. The third kappa shape index (κ3) is 8.81. The number of aliphatic hydroxyl groups is 3. The molecule has 4 amide bonds.